The number of rotatable bonds is 1. The fourth-order valence-electron chi connectivity index (χ4n) is 1.99. The average molecular weight is 284 g/mol. The molecule has 0 spiro atoms. The van der Waals surface area contributed by atoms with Crippen LogP contribution < -0.4 is 4.74 Å². The average Bonchev–Trinajstić information content (AvgIpc) is 2.47. The summed E-state index contributed by atoms with van der Waals surface area (Å²) in [6, 6.07) is 17.4. The zero-order valence-corrected chi connectivity index (χ0v) is 11.6. The summed E-state index contributed by atoms with van der Waals surface area (Å²) in [5, 5.41) is 17.4. The molecule has 0 aliphatic carbocycles. The number of aliphatic hydroxyl groups excluding tert-OH is 1. The van der Waals surface area contributed by atoms with E-state index in [2.05, 4.69) is 0 Å². The Bertz CT molecular complexity index is 643. The molecular weight excluding hydrogens is 268 g/mol. The van der Waals surface area contributed by atoms with E-state index in [4.69, 9.17) is 14.6 Å². The molecule has 0 amide bonds. The maximum atomic E-state index is 9.97. The van der Waals surface area contributed by atoms with Gasteiger partial charge in [-0.2, -0.15) is 0 Å². The predicted octanol–water partition coefficient (Wildman–Crippen LogP) is 3.81. The molecule has 0 fully saturated rings. The molecule has 2 aromatic carbocycles. The molecule has 0 saturated heterocycles. The minimum Gasteiger partial charge on any atom is -0.507 e. The molecule has 21 heavy (non-hydrogen) atoms. The first-order chi connectivity index (χ1) is 10.1. The lowest BCUT2D eigenvalue weighted by atomic mass is 10.0. The Morgan fingerprint density at radius 3 is 2.29 bits per heavy atom. The van der Waals surface area contributed by atoms with Crippen LogP contribution in [0.2, 0.25) is 0 Å². The van der Waals surface area contributed by atoms with Crippen LogP contribution in [0.1, 0.15) is 24.2 Å². The number of carboxylic acids is 1. The van der Waals surface area contributed by atoms with E-state index < -0.39 is 5.97 Å². The molecule has 108 valence electrons. The van der Waals surface area contributed by atoms with Gasteiger partial charge in [0, 0.05) is 13.0 Å². The molecule has 4 nitrogen and oxygen atoms in total. The summed E-state index contributed by atoms with van der Waals surface area (Å²) in [5.74, 6) is 0.169. The molecule has 3 rings (SSSR count). The van der Waals surface area contributed by atoms with Gasteiger partial charge < -0.3 is 14.9 Å². The number of aliphatic hydroxyl groups is 1. The van der Waals surface area contributed by atoms with Gasteiger partial charge in [0.25, 0.3) is 5.97 Å². The molecule has 0 bridgehead atoms. The lowest BCUT2D eigenvalue weighted by Gasteiger charge is -2.23. The van der Waals surface area contributed by atoms with Crippen molar-refractivity contribution in [2.45, 2.75) is 13.0 Å². The Morgan fingerprint density at radius 2 is 1.62 bits per heavy atom. The van der Waals surface area contributed by atoms with Crippen LogP contribution in [0.4, 0.5) is 0 Å². The van der Waals surface area contributed by atoms with Crippen molar-refractivity contribution in [1.29, 1.82) is 0 Å². The summed E-state index contributed by atoms with van der Waals surface area (Å²) in [5.41, 5.74) is 1.79. The van der Waals surface area contributed by atoms with Crippen LogP contribution in [0, 0.1) is 0 Å². The molecule has 0 aromatic heterocycles. The van der Waals surface area contributed by atoms with E-state index in [1.54, 1.807) is 6.08 Å². The number of ether oxygens (including phenoxy) is 1. The highest BCUT2D eigenvalue weighted by Gasteiger charge is 2.20. The predicted molar refractivity (Wildman–Crippen MR) is 80.2 cm³/mol. The maximum absolute atomic E-state index is 9.97. The van der Waals surface area contributed by atoms with E-state index >= 15 is 0 Å². The molecule has 1 aliphatic rings. The lowest BCUT2D eigenvalue weighted by molar-refractivity contribution is -0.134. The van der Waals surface area contributed by atoms with E-state index in [-0.39, 0.29) is 11.9 Å². The molecule has 1 aliphatic heterocycles. The third kappa shape index (κ3) is 3.86. The van der Waals surface area contributed by atoms with Gasteiger partial charge in [0.1, 0.15) is 17.6 Å². The summed E-state index contributed by atoms with van der Waals surface area (Å²) in [4.78, 5) is 9.00. The second-order valence-corrected chi connectivity index (χ2v) is 4.52. The van der Waals surface area contributed by atoms with Crippen molar-refractivity contribution in [2.24, 2.45) is 0 Å². The van der Waals surface area contributed by atoms with Crippen molar-refractivity contribution in [3.63, 3.8) is 0 Å². The van der Waals surface area contributed by atoms with Gasteiger partial charge in [0.15, 0.2) is 0 Å². The van der Waals surface area contributed by atoms with E-state index in [1.165, 1.54) is 0 Å². The number of benzene rings is 2. The highest BCUT2D eigenvalue weighted by atomic mass is 16.5. The molecule has 2 N–H and O–H groups in total. The molecule has 1 heterocycles. The maximum Gasteiger partial charge on any atom is 0.300 e. The van der Waals surface area contributed by atoms with Gasteiger partial charge in [-0.15, -0.1) is 0 Å². The quantitative estimate of drug-likeness (QED) is 0.835. The van der Waals surface area contributed by atoms with Gasteiger partial charge in [-0.05, 0) is 17.7 Å². The summed E-state index contributed by atoms with van der Waals surface area (Å²) in [6.07, 6.45) is 1.52. The highest BCUT2D eigenvalue weighted by Crippen LogP contribution is 2.35. The molecule has 4 heteroatoms. The van der Waals surface area contributed by atoms with E-state index in [9.17, 15) is 5.11 Å². The second kappa shape index (κ2) is 6.61. The normalized spacial score (nSPS) is 15.7. The van der Waals surface area contributed by atoms with E-state index in [0.29, 0.717) is 0 Å². The van der Waals surface area contributed by atoms with Gasteiger partial charge in [0.2, 0.25) is 0 Å². The number of hydrogen-bond acceptors (Lipinski definition) is 3. The Balaban J connectivity index is 0.000000361. The summed E-state index contributed by atoms with van der Waals surface area (Å²) in [7, 11) is 0. The van der Waals surface area contributed by atoms with Crippen molar-refractivity contribution in [2.75, 3.05) is 0 Å². The fraction of sp³-hybridized carbons (Fsp3) is 0.118. The molecular formula is C17H16O4. The molecule has 1 atom stereocenters. The standard InChI is InChI=1S/C15H12O2.C2H4O2/c16-13-10-15(11-6-2-1-3-7-11)17-14-9-5-4-8-12(13)14;1-2(3)4/h1-10,15-16H;1H3,(H,3,4). The number of para-hydroxylation sites is 1. The highest BCUT2D eigenvalue weighted by molar-refractivity contribution is 5.67. The van der Waals surface area contributed by atoms with Gasteiger partial charge in [-0.1, -0.05) is 42.5 Å². The fourth-order valence-corrected chi connectivity index (χ4v) is 1.99. The number of aliphatic carboxylic acids is 1. The minimum absolute atomic E-state index is 0.217. The van der Waals surface area contributed by atoms with Gasteiger partial charge in [0.05, 0.1) is 5.56 Å². The number of fused-ring (bicyclic) bond motifs is 1. The molecule has 0 saturated carbocycles. The first-order valence-corrected chi connectivity index (χ1v) is 6.49. The van der Waals surface area contributed by atoms with Crippen LogP contribution in [0.15, 0.2) is 60.7 Å². The smallest absolute Gasteiger partial charge is 0.300 e. The Labute approximate surface area is 122 Å². The minimum atomic E-state index is -0.833. The van der Waals surface area contributed by atoms with Crippen molar-refractivity contribution in [1.82, 2.24) is 0 Å². The Hall–Kier alpha value is -2.75. The van der Waals surface area contributed by atoms with Crippen LogP contribution in [0.25, 0.3) is 5.76 Å². The number of carbonyl (C=O) groups is 1. The SMILES string of the molecule is CC(=O)O.OC1=CC(c2ccccc2)Oc2ccccc21. The molecule has 2 aromatic rings. The third-order valence-electron chi connectivity index (χ3n) is 2.85. The largest absolute Gasteiger partial charge is 0.507 e. The van der Waals surface area contributed by atoms with Gasteiger partial charge in [-0.3, -0.25) is 4.79 Å². The first kappa shape index (κ1) is 14.7. The van der Waals surface area contributed by atoms with Crippen LogP contribution in [0.3, 0.4) is 0 Å². The summed E-state index contributed by atoms with van der Waals surface area (Å²) < 4.78 is 5.85. The van der Waals surface area contributed by atoms with Crippen molar-refractivity contribution in [3.8, 4) is 5.75 Å². The van der Waals surface area contributed by atoms with Gasteiger partial charge in [-0.25, -0.2) is 0 Å². The third-order valence-corrected chi connectivity index (χ3v) is 2.85. The van der Waals surface area contributed by atoms with Crippen molar-refractivity contribution >= 4 is 11.7 Å². The lowest BCUT2D eigenvalue weighted by Crippen LogP contribution is -2.11. The first-order valence-electron chi connectivity index (χ1n) is 6.49. The topological polar surface area (TPSA) is 66.8 Å². The molecule has 1 unspecified atom stereocenters. The monoisotopic (exact) mass is 284 g/mol. The Kier molecular flexibility index (Phi) is 4.61. The number of hydrogen-bond donors (Lipinski definition) is 2. The van der Waals surface area contributed by atoms with E-state index in [1.807, 2.05) is 54.6 Å². The molecule has 0 radical (unpaired) electrons. The van der Waals surface area contributed by atoms with Crippen molar-refractivity contribution in [3.05, 3.63) is 71.8 Å². The van der Waals surface area contributed by atoms with E-state index in [0.717, 1.165) is 23.8 Å². The Morgan fingerprint density at radius 1 is 1.05 bits per heavy atom. The second-order valence-electron chi connectivity index (χ2n) is 4.52. The zero-order valence-electron chi connectivity index (χ0n) is 11.6. The van der Waals surface area contributed by atoms with Crippen LogP contribution in [0.5, 0.6) is 5.75 Å². The summed E-state index contributed by atoms with van der Waals surface area (Å²) in [6.45, 7) is 1.08. The van der Waals surface area contributed by atoms with Crippen LogP contribution >= 0.6 is 0 Å². The zero-order chi connectivity index (χ0) is 15.2. The van der Waals surface area contributed by atoms with Gasteiger partial charge >= 0.3 is 0 Å². The van der Waals surface area contributed by atoms with Crippen molar-refractivity contribution < 1.29 is 19.7 Å². The summed E-state index contributed by atoms with van der Waals surface area (Å²) >= 11 is 0. The van der Waals surface area contributed by atoms with Crippen LogP contribution in [-0.2, 0) is 4.79 Å². The number of carboxylic acid groups (broad SMARTS) is 1. The van der Waals surface area contributed by atoms with Crippen LogP contribution in [-0.4, -0.2) is 16.2 Å².